The molecule has 1 heterocycles. The van der Waals surface area contributed by atoms with Crippen LogP contribution in [0, 0.1) is 5.92 Å². The van der Waals surface area contributed by atoms with Crippen LogP contribution >= 0.6 is 0 Å². The average molecular weight is 377 g/mol. The van der Waals surface area contributed by atoms with Crippen molar-refractivity contribution in [1.29, 1.82) is 0 Å². The van der Waals surface area contributed by atoms with Crippen LogP contribution < -0.4 is 15.5 Å². The Balaban J connectivity index is 1.80. The number of nitrogens with one attached hydrogen (secondary N) is 2. The van der Waals surface area contributed by atoms with Crippen molar-refractivity contribution in [2.24, 2.45) is 11.0 Å². The molecule has 1 unspecified atom stereocenters. The number of hydrogen-bond donors (Lipinski definition) is 2. The summed E-state index contributed by atoms with van der Waals surface area (Å²) < 4.78 is 43.6. The van der Waals surface area contributed by atoms with Gasteiger partial charge >= 0.3 is 6.18 Å². The van der Waals surface area contributed by atoms with Crippen molar-refractivity contribution in [1.82, 2.24) is 5.43 Å². The van der Waals surface area contributed by atoms with E-state index in [9.17, 15) is 18.0 Å². The van der Waals surface area contributed by atoms with Gasteiger partial charge in [-0.2, -0.15) is 18.3 Å². The van der Waals surface area contributed by atoms with Gasteiger partial charge in [0, 0.05) is 18.0 Å². The third kappa shape index (κ3) is 4.21. The SMILES string of the molecule is COc1cc(C(F)(F)F)ccc1Nc1ccc(C2=NNC(=O)CC2C)cc1. The van der Waals surface area contributed by atoms with E-state index in [4.69, 9.17) is 4.74 Å². The van der Waals surface area contributed by atoms with Crippen LogP contribution in [0.5, 0.6) is 5.75 Å². The Bertz CT molecular complexity index is 877. The summed E-state index contributed by atoms with van der Waals surface area (Å²) in [5, 5.41) is 7.15. The summed E-state index contributed by atoms with van der Waals surface area (Å²) in [6.07, 6.45) is -4.05. The lowest BCUT2D eigenvalue weighted by atomic mass is 9.94. The lowest BCUT2D eigenvalue weighted by molar-refractivity contribution is -0.137. The number of benzene rings is 2. The minimum atomic E-state index is -4.43. The number of hydrogen-bond acceptors (Lipinski definition) is 4. The number of alkyl halides is 3. The second-order valence-electron chi connectivity index (χ2n) is 6.25. The Morgan fingerprint density at radius 3 is 2.48 bits per heavy atom. The number of nitrogens with zero attached hydrogens (tertiary/aromatic N) is 1. The molecule has 1 aliphatic heterocycles. The van der Waals surface area contributed by atoms with Crippen LogP contribution in [0.1, 0.15) is 24.5 Å². The quantitative estimate of drug-likeness (QED) is 0.834. The molecule has 0 fully saturated rings. The normalized spacial score (nSPS) is 17.1. The molecule has 0 spiro atoms. The Labute approximate surface area is 154 Å². The molecule has 0 bridgehead atoms. The highest BCUT2D eigenvalue weighted by atomic mass is 19.4. The lowest BCUT2D eigenvalue weighted by Gasteiger charge is -2.19. The zero-order chi connectivity index (χ0) is 19.6. The van der Waals surface area contributed by atoms with Crippen molar-refractivity contribution in [3.63, 3.8) is 0 Å². The summed E-state index contributed by atoms with van der Waals surface area (Å²) in [5.74, 6) is -0.00612. The van der Waals surface area contributed by atoms with Gasteiger partial charge in [-0.25, -0.2) is 5.43 Å². The smallest absolute Gasteiger partial charge is 0.416 e. The highest BCUT2D eigenvalue weighted by Crippen LogP contribution is 2.36. The van der Waals surface area contributed by atoms with Gasteiger partial charge in [0.05, 0.1) is 24.1 Å². The Hall–Kier alpha value is -3.03. The number of carbonyl (C=O) groups is 1. The Kier molecular flexibility index (Phi) is 5.07. The molecule has 0 aromatic heterocycles. The fraction of sp³-hybridized carbons (Fsp3) is 0.263. The Morgan fingerprint density at radius 1 is 1.19 bits per heavy atom. The summed E-state index contributed by atoms with van der Waals surface area (Å²) in [6, 6.07) is 10.5. The first-order valence-electron chi connectivity index (χ1n) is 8.27. The third-order valence-electron chi connectivity index (χ3n) is 4.25. The van der Waals surface area contributed by atoms with Crippen LogP contribution in [0.3, 0.4) is 0 Å². The second-order valence-corrected chi connectivity index (χ2v) is 6.25. The maximum absolute atomic E-state index is 12.8. The summed E-state index contributed by atoms with van der Waals surface area (Å²) in [7, 11) is 1.32. The minimum absolute atomic E-state index is 0.00701. The minimum Gasteiger partial charge on any atom is -0.495 e. The lowest BCUT2D eigenvalue weighted by Crippen LogP contribution is -2.31. The van der Waals surface area contributed by atoms with Crippen LogP contribution in [-0.2, 0) is 11.0 Å². The number of anilines is 2. The van der Waals surface area contributed by atoms with Crippen molar-refractivity contribution in [2.45, 2.75) is 19.5 Å². The maximum Gasteiger partial charge on any atom is 0.416 e. The van der Waals surface area contributed by atoms with E-state index in [-0.39, 0.29) is 17.6 Å². The average Bonchev–Trinajstić information content (AvgIpc) is 2.62. The topological polar surface area (TPSA) is 62.7 Å². The molecule has 0 saturated carbocycles. The highest BCUT2D eigenvalue weighted by molar-refractivity contribution is 6.05. The van der Waals surface area contributed by atoms with Gasteiger partial charge in [0.2, 0.25) is 5.91 Å². The van der Waals surface area contributed by atoms with E-state index in [1.54, 1.807) is 12.1 Å². The third-order valence-corrected chi connectivity index (χ3v) is 4.25. The van der Waals surface area contributed by atoms with Gasteiger partial charge in [0.1, 0.15) is 5.75 Å². The van der Waals surface area contributed by atoms with Crippen LogP contribution in [0.15, 0.2) is 47.6 Å². The number of hydrazone groups is 1. The number of methoxy groups -OCH3 is 1. The van der Waals surface area contributed by atoms with Gasteiger partial charge in [-0.15, -0.1) is 0 Å². The molecule has 3 rings (SSSR count). The van der Waals surface area contributed by atoms with E-state index in [1.165, 1.54) is 13.2 Å². The molecule has 2 aromatic carbocycles. The van der Waals surface area contributed by atoms with Crippen LogP contribution in [-0.4, -0.2) is 18.7 Å². The first-order valence-corrected chi connectivity index (χ1v) is 8.27. The zero-order valence-electron chi connectivity index (χ0n) is 14.7. The highest BCUT2D eigenvalue weighted by Gasteiger charge is 2.31. The molecule has 0 radical (unpaired) electrons. The summed E-state index contributed by atoms with van der Waals surface area (Å²) >= 11 is 0. The molecule has 2 N–H and O–H groups in total. The standard InChI is InChI=1S/C19H18F3N3O2/c1-11-9-17(26)24-25-18(11)12-3-6-14(7-4-12)23-15-8-5-13(19(20,21)22)10-16(15)27-2/h3-8,10-11,23H,9H2,1-2H3,(H,24,26). The summed E-state index contributed by atoms with van der Waals surface area (Å²) in [4.78, 5) is 11.3. The zero-order valence-corrected chi connectivity index (χ0v) is 14.7. The largest absolute Gasteiger partial charge is 0.495 e. The molecule has 1 aliphatic rings. The van der Waals surface area contributed by atoms with Gasteiger partial charge in [0.15, 0.2) is 0 Å². The van der Waals surface area contributed by atoms with Crippen molar-refractivity contribution in [3.05, 3.63) is 53.6 Å². The van der Waals surface area contributed by atoms with Gasteiger partial charge in [-0.1, -0.05) is 19.1 Å². The van der Waals surface area contributed by atoms with Crippen LogP contribution in [0.4, 0.5) is 24.5 Å². The fourth-order valence-electron chi connectivity index (χ4n) is 2.85. The molecule has 0 aliphatic carbocycles. The monoisotopic (exact) mass is 377 g/mol. The second kappa shape index (κ2) is 7.30. The van der Waals surface area contributed by atoms with E-state index in [2.05, 4.69) is 15.8 Å². The number of rotatable bonds is 4. The molecule has 27 heavy (non-hydrogen) atoms. The van der Waals surface area contributed by atoms with Gasteiger partial charge < -0.3 is 10.1 Å². The molecule has 1 atom stereocenters. The summed E-state index contributed by atoms with van der Waals surface area (Å²) in [5.41, 5.74) is 4.46. The van der Waals surface area contributed by atoms with Gasteiger partial charge in [-0.3, -0.25) is 4.79 Å². The van der Waals surface area contributed by atoms with Crippen molar-refractivity contribution >= 4 is 23.0 Å². The van der Waals surface area contributed by atoms with Gasteiger partial charge in [0.25, 0.3) is 0 Å². The van der Waals surface area contributed by atoms with E-state index in [0.717, 1.165) is 23.4 Å². The Morgan fingerprint density at radius 2 is 1.89 bits per heavy atom. The molecule has 8 heteroatoms. The molecule has 0 saturated heterocycles. The predicted molar refractivity (Wildman–Crippen MR) is 96.2 cm³/mol. The predicted octanol–water partition coefficient (Wildman–Crippen LogP) is 4.32. The number of amides is 1. The molecular weight excluding hydrogens is 359 g/mol. The molecule has 142 valence electrons. The molecular formula is C19H18F3N3O2. The maximum atomic E-state index is 12.8. The summed E-state index contributed by atoms with van der Waals surface area (Å²) in [6.45, 7) is 1.93. The first kappa shape index (κ1) is 18.8. The number of ether oxygens (including phenoxy) is 1. The van der Waals surface area contributed by atoms with Gasteiger partial charge in [-0.05, 0) is 35.9 Å². The molecule has 1 amide bonds. The number of halogens is 3. The number of carbonyl (C=O) groups excluding carboxylic acids is 1. The van der Waals surface area contributed by atoms with Crippen LogP contribution in [0.25, 0.3) is 0 Å². The van der Waals surface area contributed by atoms with E-state index in [0.29, 0.717) is 17.8 Å². The van der Waals surface area contributed by atoms with E-state index >= 15 is 0 Å². The first-order chi connectivity index (χ1) is 12.8. The van der Waals surface area contributed by atoms with E-state index < -0.39 is 11.7 Å². The van der Waals surface area contributed by atoms with Crippen molar-refractivity contribution in [3.8, 4) is 5.75 Å². The fourth-order valence-corrected chi connectivity index (χ4v) is 2.85. The van der Waals surface area contributed by atoms with Crippen molar-refractivity contribution in [2.75, 3.05) is 12.4 Å². The molecule has 2 aromatic rings. The van der Waals surface area contributed by atoms with E-state index in [1.807, 2.05) is 19.1 Å². The molecule has 5 nitrogen and oxygen atoms in total. The van der Waals surface area contributed by atoms with Crippen molar-refractivity contribution < 1.29 is 22.7 Å². The van der Waals surface area contributed by atoms with Crippen LogP contribution in [0.2, 0.25) is 0 Å².